The molecule has 0 spiro atoms. The van der Waals surface area contributed by atoms with E-state index in [9.17, 15) is 4.79 Å². The predicted molar refractivity (Wildman–Crippen MR) is 106 cm³/mol. The zero-order valence-electron chi connectivity index (χ0n) is 14.7. The average Bonchev–Trinajstić information content (AvgIpc) is 3.11. The van der Waals surface area contributed by atoms with E-state index in [4.69, 9.17) is 10.00 Å². The maximum atomic E-state index is 12.0. The molecule has 0 radical (unpaired) electrons. The van der Waals surface area contributed by atoms with Crippen LogP contribution in [0.15, 0.2) is 60.0 Å². The summed E-state index contributed by atoms with van der Waals surface area (Å²) >= 11 is 1.60. The minimum Gasteiger partial charge on any atom is -0.487 e. The van der Waals surface area contributed by atoms with Crippen LogP contribution < -0.4 is 10.1 Å². The van der Waals surface area contributed by atoms with Crippen molar-refractivity contribution in [2.75, 3.05) is 5.32 Å². The third kappa shape index (κ3) is 5.53. The molecule has 27 heavy (non-hydrogen) atoms. The van der Waals surface area contributed by atoms with Crippen LogP contribution in [-0.4, -0.2) is 10.9 Å². The van der Waals surface area contributed by atoms with Gasteiger partial charge in [-0.15, -0.1) is 11.3 Å². The van der Waals surface area contributed by atoms with Gasteiger partial charge in [0.1, 0.15) is 12.4 Å². The van der Waals surface area contributed by atoms with E-state index in [0.717, 1.165) is 22.0 Å². The first-order chi connectivity index (χ1) is 13.1. The maximum Gasteiger partial charge on any atom is 0.248 e. The second-order valence-electron chi connectivity index (χ2n) is 5.73. The number of hydrogen-bond donors (Lipinski definition) is 1. The monoisotopic (exact) mass is 375 g/mol. The van der Waals surface area contributed by atoms with E-state index >= 15 is 0 Å². The molecule has 3 aromatic rings. The van der Waals surface area contributed by atoms with Gasteiger partial charge < -0.3 is 10.1 Å². The van der Waals surface area contributed by atoms with Crippen molar-refractivity contribution >= 4 is 29.0 Å². The maximum absolute atomic E-state index is 12.0. The predicted octanol–water partition coefficient (Wildman–Crippen LogP) is 4.55. The molecule has 2 aromatic carbocycles. The van der Waals surface area contributed by atoms with Gasteiger partial charge in [-0.3, -0.25) is 4.79 Å². The van der Waals surface area contributed by atoms with Gasteiger partial charge >= 0.3 is 0 Å². The Morgan fingerprint density at radius 2 is 1.96 bits per heavy atom. The Morgan fingerprint density at radius 3 is 2.59 bits per heavy atom. The number of thiazole rings is 1. The lowest BCUT2D eigenvalue weighted by molar-refractivity contribution is -0.111. The number of hydrogen-bond acceptors (Lipinski definition) is 5. The van der Waals surface area contributed by atoms with Crippen molar-refractivity contribution in [1.82, 2.24) is 4.98 Å². The number of aromatic nitrogens is 1. The number of aryl methyl sites for hydroxylation is 1. The van der Waals surface area contributed by atoms with E-state index in [1.165, 1.54) is 6.08 Å². The fraction of sp³-hybridized carbons (Fsp3) is 0.0952. The zero-order chi connectivity index (χ0) is 19.1. The van der Waals surface area contributed by atoms with Gasteiger partial charge in [0.05, 0.1) is 22.3 Å². The number of carbonyl (C=O) groups excluding carboxylic acids is 1. The molecule has 134 valence electrons. The van der Waals surface area contributed by atoms with E-state index < -0.39 is 0 Å². The molecule has 6 heteroatoms. The van der Waals surface area contributed by atoms with Crippen LogP contribution in [0.5, 0.6) is 5.75 Å². The normalized spacial score (nSPS) is 10.5. The van der Waals surface area contributed by atoms with Crippen LogP contribution in [-0.2, 0) is 11.4 Å². The molecule has 0 atom stereocenters. The van der Waals surface area contributed by atoms with E-state index in [1.54, 1.807) is 41.7 Å². The lowest BCUT2D eigenvalue weighted by atomic mass is 10.2. The largest absolute Gasteiger partial charge is 0.487 e. The van der Waals surface area contributed by atoms with Gasteiger partial charge in [-0.2, -0.15) is 5.26 Å². The topological polar surface area (TPSA) is 75.0 Å². The number of rotatable bonds is 6. The number of nitriles is 1. The van der Waals surface area contributed by atoms with Gasteiger partial charge in [0.25, 0.3) is 0 Å². The van der Waals surface area contributed by atoms with Gasteiger partial charge in [0.15, 0.2) is 0 Å². The Labute approximate surface area is 161 Å². The first-order valence-corrected chi connectivity index (χ1v) is 9.13. The summed E-state index contributed by atoms with van der Waals surface area (Å²) in [6.07, 6.45) is 3.19. The zero-order valence-corrected chi connectivity index (χ0v) is 15.5. The Balaban J connectivity index is 1.52. The molecule has 1 aromatic heterocycles. The molecule has 1 heterocycles. The number of ether oxygens (including phenoxy) is 1. The summed E-state index contributed by atoms with van der Waals surface area (Å²) in [7, 11) is 0. The summed E-state index contributed by atoms with van der Waals surface area (Å²) < 4.78 is 5.70. The van der Waals surface area contributed by atoms with Gasteiger partial charge in [-0.25, -0.2) is 4.98 Å². The van der Waals surface area contributed by atoms with E-state index in [1.807, 2.05) is 42.6 Å². The minimum atomic E-state index is -0.237. The van der Waals surface area contributed by atoms with E-state index in [0.29, 0.717) is 17.9 Å². The lowest BCUT2D eigenvalue weighted by Crippen LogP contribution is -2.07. The summed E-state index contributed by atoms with van der Waals surface area (Å²) in [5, 5.41) is 14.5. The fourth-order valence-electron chi connectivity index (χ4n) is 2.29. The third-order valence-electron chi connectivity index (χ3n) is 3.64. The van der Waals surface area contributed by atoms with Crippen molar-refractivity contribution in [2.24, 2.45) is 0 Å². The summed E-state index contributed by atoms with van der Waals surface area (Å²) in [5.41, 5.74) is 3.00. The summed E-state index contributed by atoms with van der Waals surface area (Å²) in [5.74, 6) is 0.513. The van der Waals surface area contributed by atoms with E-state index in [2.05, 4.69) is 10.3 Å². The Bertz CT molecular complexity index is 984. The van der Waals surface area contributed by atoms with Crippen LogP contribution in [0, 0.1) is 18.3 Å². The molecule has 0 saturated carbocycles. The van der Waals surface area contributed by atoms with Gasteiger partial charge in [-0.05, 0) is 55.0 Å². The molecule has 0 unspecified atom stereocenters. The molecule has 0 saturated heterocycles. The van der Waals surface area contributed by atoms with Crippen LogP contribution in [0.2, 0.25) is 0 Å². The van der Waals surface area contributed by atoms with Crippen molar-refractivity contribution in [2.45, 2.75) is 13.5 Å². The number of nitrogens with zero attached hydrogens (tertiary/aromatic N) is 2. The van der Waals surface area contributed by atoms with Crippen molar-refractivity contribution in [3.8, 4) is 11.8 Å². The van der Waals surface area contributed by atoms with Gasteiger partial charge in [-0.1, -0.05) is 12.1 Å². The fourth-order valence-corrected chi connectivity index (χ4v) is 2.89. The number of anilines is 1. The highest BCUT2D eigenvalue weighted by Gasteiger charge is 2.01. The highest BCUT2D eigenvalue weighted by molar-refractivity contribution is 7.09. The van der Waals surface area contributed by atoms with Gasteiger partial charge in [0, 0.05) is 17.1 Å². The smallest absolute Gasteiger partial charge is 0.248 e. The highest BCUT2D eigenvalue weighted by Crippen LogP contribution is 2.16. The Morgan fingerprint density at radius 1 is 1.22 bits per heavy atom. The highest BCUT2D eigenvalue weighted by atomic mass is 32.1. The molecule has 0 aliphatic carbocycles. The number of benzene rings is 2. The number of carbonyl (C=O) groups is 1. The van der Waals surface area contributed by atoms with Crippen molar-refractivity contribution in [3.63, 3.8) is 0 Å². The quantitative estimate of drug-likeness (QED) is 0.641. The lowest BCUT2D eigenvalue weighted by Gasteiger charge is -2.04. The number of nitrogens with one attached hydrogen (secondary N) is 1. The summed E-state index contributed by atoms with van der Waals surface area (Å²) in [6, 6.07) is 16.2. The van der Waals surface area contributed by atoms with Crippen LogP contribution in [0.4, 0.5) is 5.69 Å². The Hall–Kier alpha value is -3.43. The molecule has 5 nitrogen and oxygen atoms in total. The molecule has 0 bridgehead atoms. The van der Waals surface area contributed by atoms with Crippen LogP contribution >= 0.6 is 11.3 Å². The van der Waals surface area contributed by atoms with E-state index in [-0.39, 0.29) is 5.91 Å². The summed E-state index contributed by atoms with van der Waals surface area (Å²) in [4.78, 5) is 16.3. The van der Waals surface area contributed by atoms with Crippen LogP contribution in [0.1, 0.15) is 21.8 Å². The third-order valence-corrected chi connectivity index (χ3v) is 4.46. The van der Waals surface area contributed by atoms with Crippen LogP contribution in [0.25, 0.3) is 6.08 Å². The first-order valence-electron chi connectivity index (χ1n) is 8.25. The molecule has 0 aliphatic rings. The Kier molecular flexibility index (Phi) is 5.98. The molecule has 0 aliphatic heterocycles. The average molecular weight is 375 g/mol. The van der Waals surface area contributed by atoms with Crippen LogP contribution in [0.3, 0.4) is 0 Å². The molecular weight excluding hydrogens is 358 g/mol. The number of amides is 1. The minimum absolute atomic E-state index is 0.237. The van der Waals surface area contributed by atoms with Crippen molar-refractivity contribution in [3.05, 3.63) is 81.8 Å². The second kappa shape index (κ2) is 8.79. The molecular formula is C21H17N3O2S. The molecule has 1 amide bonds. The van der Waals surface area contributed by atoms with Crippen molar-refractivity contribution in [1.29, 1.82) is 5.26 Å². The standard InChI is InChI=1S/C21H17N3O2S/c1-15-23-19(14-27-15)13-26-20-9-4-16(5-10-20)6-11-21(25)24-18-7-2-17(12-22)3-8-18/h2-11,14H,13H2,1H3,(H,24,25)/b11-6+. The molecule has 3 rings (SSSR count). The summed E-state index contributed by atoms with van der Waals surface area (Å²) in [6.45, 7) is 2.40. The van der Waals surface area contributed by atoms with Crippen molar-refractivity contribution < 1.29 is 9.53 Å². The van der Waals surface area contributed by atoms with Gasteiger partial charge in [0.2, 0.25) is 5.91 Å². The first kappa shape index (κ1) is 18.4. The molecule has 0 fully saturated rings. The second-order valence-corrected chi connectivity index (χ2v) is 6.79. The SMILES string of the molecule is Cc1nc(COc2ccc(/C=C/C(=O)Nc3ccc(C#N)cc3)cc2)cs1. The molecule has 1 N–H and O–H groups in total.